The van der Waals surface area contributed by atoms with E-state index in [2.05, 4.69) is 4.99 Å². The van der Waals surface area contributed by atoms with E-state index in [1.54, 1.807) is 24.0 Å². The number of hydrogen-bond donors (Lipinski definition) is 0. The number of thioether (sulfide) groups is 1. The molecule has 0 spiro atoms. The minimum Gasteiger partial charge on any atom is -0.315 e. The smallest absolute Gasteiger partial charge is 0.251 e. The highest BCUT2D eigenvalue weighted by Crippen LogP contribution is 2.42. The first-order chi connectivity index (χ1) is 11.3. The van der Waals surface area contributed by atoms with Crippen molar-refractivity contribution in [2.75, 3.05) is 16.4 Å². The lowest BCUT2D eigenvalue weighted by molar-refractivity contribution is -0.118. The van der Waals surface area contributed by atoms with Crippen LogP contribution in [0.3, 0.4) is 0 Å². The standard InChI is InChI=1S/C16H17FN2O3S2/c1-9-2-5-11(6-12(9)17)19-13-7-24(21,22)8-14(13)23-16(19)18-15(20)10-3-4-10/h2,5-6,10,13-14H,3-4,7-8H2,1H3. The van der Waals surface area contributed by atoms with Crippen molar-refractivity contribution in [3.63, 3.8) is 0 Å². The summed E-state index contributed by atoms with van der Waals surface area (Å²) in [6.45, 7) is 1.67. The monoisotopic (exact) mass is 368 g/mol. The Morgan fingerprint density at radius 3 is 2.75 bits per heavy atom. The van der Waals surface area contributed by atoms with E-state index in [1.807, 2.05) is 0 Å². The summed E-state index contributed by atoms with van der Waals surface area (Å²) in [6, 6.07) is 4.50. The van der Waals surface area contributed by atoms with Gasteiger partial charge in [-0.05, 0) is 37.5 Å². The van der Waals surface area contributed by atoms with E-state index in [4.69, 9.17) is 0 Å². The summed E-state index contributed by atoms with van der Waals surface area (Å²) in [6.07, 6.45) is 1.72. The number of amides is 1. The first kappa shape index (κ1) is 16.1. The Hall–Kier alpha value is -1.41. The molecular formula is C16H17FN2O3S2. The highest BCUT2D eigenvalue weighted by Gasteiger charge is 2.49. The molecule has 0 bridgehead atoms. The van der Waals surface area contributed by atoms with Gasteiger partial charge in [-0.25, -0.2) is 12.8 Å². The van der Waals surface area contributed by atoms with E-state index < -0.39 is 9.84 Å². The van der Waals surface area contributed by atoms with Crippen molar-refractivity contribution in [1.82, 2.24) is 0 Å². The number of nitrogens with zero attached hydrogens (tertiary/aromatic N) is 2. The minimum absolute atomic E-state index is 0.00104. The van der Waals surface area contributed by atoms with Gasteiger partial charge >= 0.3 is 0 Å². The third-order valence-electron chi connectivity index (χ3n) is 4.63. The maximum Gasteiger partial charge on any atom is 0.251 e. The van der Waals surface area contributed by atoms with Crippen molar-refractivity contribution in [2.24, 2.45) is 10.9 Å². The van der Waals surface area contributed by atoms with E-state index in [1.165, 1.54) is 17.8 Å². The fourth-order valence-corrected chi connectivity index (χ4v) is 7.03. The van der Waals surface area contributed by atoms with Crippen LogP contribution in [-0.2, 0) is 14.6 Å². The van der Waals surface area contributed by atoms with Crippen LogP contribution < -0.4 is 4.90 Å². The molecule has 2 saturated heterocycles. The van der Waals surface area contributed by atoms with Gasteiger partial charge in [0.1, 0.15) is 5.82 Å². The van der Waals surface area contributed by atoms with E-state index in [9.17, 15) is 17.6 Å². The maximum absolute atomic E-state index is 14.0. The number of aryl methyl sites for hydroxylation is 1. The predicted molar refractivity (Wildman–Crippen MR) is 92.6 cm³/mol. The van der Waals surface area contributed by atoms with Crippen LogP contribution in [0.15, 0.2) is 23.2 Å². The summed E-state index contributed by atoms with van der Waals surface area (Å²) in [5.41, 5.74) is 1.08. The van der Waals surface area contributed by atoms with E-state index in [0.29, 0.717) is 16.4 Å². The lowest BCUT2D eigenvalue weighted by Gasteiger charge is -2.24. The van der Waals surface area contributed by atoms with Crippen molar-refractivity contribution in [2.45, 2.75) is 31.1 Å². The Morgan fingerprint density at radius 2 is 2.08 bits per heavy atom. The van der Waals surface area contributed by atoms with Crippen molar-refractivity contribution in [1.29, 1.82) is 0 Å². The van der Waals surface area contributed by atoms with E-state index >= 15 is 0 Å². The van der Waals surface area contributed by atoms with Gasteiger partial charge in [-0.1, -0.05) is 17.8 Å². The number of carbonyl (C=O) groups is 1. The molecule has 128 valence electrons. The number of carbonyl (C=O) groups excluding carboxylic acids is 1. The van der Waals surface area contributed by atoms with Gasteiger partial charge in [0.05, 0.1) is 17.5 Å². The SMILES string of the molecule is Cc1ccc(N2C(=NC(=O)C3CC3)SC3CS(=O)(=O)CC32)cc1F. The number of aliphatic imine (C=N–C) groups is 1. The van der Waals surface area contributed by atoms with Gasteiger partial charge in [-0.2, -0.15) is 4.99 Å². The van der Waals surface area contributed by atoms with Crippen molar-refractivity contribution < 1.29 is 17.6 Å². The lowest BCUT2D eigenvalue weighted by Crippen LogP contribution is -2.37. The van der Waals surface area contributed by atoms with Crippen molar-refractivity contribution in [3.8, 4) is 0 Å². The average Bonchev–Trinajstić information content (AvgIpc) is 3.23. The number of sulfone groups is 1. The molecule has 2 unspecified atom stereocenters. The predicted octanol–water partition coefficient (Wildman–Crippen LogP) is 2.15. The zero-order chi connectivity index (χ0) is 17.1. The van der Waals surface area contributed by atoms with Gasteiger partial charge in [-0.3, -0.25) is 4.79 Å². The Labute approximate surface area is 144 Å². The van der Waals surface area contributed by atoms with Gasteiger partial charge in [0.25, 0.3) is 5.91 Å². The van der Waals surface area contributed by atoms with Gasteiger partial charge in [0, 0.05) is 16.9 Å². The molecule has 4 rings (SSSR count). The van der Waals surface area contributed by atoms with Gasteiger partial charge in [0.2, 0.25) is 0 Å². The molecule has 1 amide bonds. The minimum atomic E-state index is -3.12. The summed E-state index contributed by atoms with van der Waals surface area (Å²) in [5.74, 6) is -0.424. The molecule has 8 heteroatoms. The molecule has 1 aromatic rings. The Morgan fingerprint density at radius 1 is 1.33 bits per heavy atom. The summed E-state index contributed by atoms with van der Waals surface area (Å²) in [7, 11) is -3.12. The molecule has 0 radical (unpaired) electrons. The fourth-order valence-electron chi connectivity index (χ4n) is 3.11. The number of fused-ring (bicyclic) bond motifs is 1. The number of benzene rings is 1. The first-order valence-corrected chi connectivity index (χ1v) is 10.6. The molecule has 0 aromatic heterocycles. The summed E-state index contributed by atoms with van der Waals surface area (Å²) >= 11 is 1.32. The van der Waals surface area contributed by atoms with Crippen molar-refractivity contribution >= 4 is 38.4 Å². The average molecular weight is 368 g/mol. The molecule has 24 heavy (non-hydrogen) atoms. The summed E-state index contributed by atoms with van der Waals surface area (Å²) in [5, 5.41) is 0.338. The second-order valence-electron chi connectivity index (χ2n) is 6.61. The molecule has 5 nitrogen and oxygen atoms in total. The third-order valence-corrected chi connectivity index (χ3v) is 7.84. The Kier molecular flexibility index (Phi) is 3.72. The molecule has 3 aliphatic rings. The molecule has 1 aromatic carbocycles. The van der Waals surface area contributed by atoms with E-state index in [-0.39, 0.29) is 40.4 Å². The van der Waals surface area contributed by atoms with Crippen LogP contribution in [0.4, 0.5) is 10.1 Å². The zero-order valence-corrected chi connectivity index (χ0v) is 14.7. The van der Waals surface area contributed by atoms with Crippen LogP contribution in [0, 0.1) is 18.7 Å². The molecule has 2 aliphatic heterocycles. The zero-order valence-electron chi connectivity index (χ0n) is 13.1. The van der Waals surface area contributed by atoms with Crippen LogP contribution in [0.25, 0.3) is 0 Å². The van der Waals surface area contributed by atoms with Crippen LogP contribution >= 0.6 is 11.8 Å². The van der Waals surface area contributed by atoms with Crippen molar-refractivity contribution in [3.05, 3.63) is 29.6 Å². The number of hydrogen-bond acceptors (Lipinski definition) is 4. The number of amidine groups is 1. The molecule has 2 atom stereocenters. The lowest BCUT2D eigenvalue weighted by atomic mass is 10.1. The van der Waals surface area contributed by atoms with Crippen LogP contribution in [-0.4, -0.2) is 42.3 Å². The molecule has 2 heterocycles. The quantitative estimate of drug-likeness (QED) is 0.800. The van der Waals surface area contributed by atoms with Crippen LogP contribution in [0.1, 0.15) is 18.4 Å². The molecule has 0 N–H and O–H groups in total. The first-order valence-electron chi connectivity index (χ1n) is 7.89. The molecule has 1 saturated carbocycles. The largest absolute Gasteiger partial charge is 0.315 e. The Balaban J connectivity index is 1.74. The van der Waals surface area contributed by atoms with Gasteiger partial charge < -0.3 is 4.90 Å². The van der Waals surface area contributed by atoms with Crippen LogP contribution in [0.5, 0.6) is 0 Å². The van der Waals surface area contributed by atoms with Gasteiger partial charge in [-0.15, -0.1) is 0 Å². The number of halogens is 1. The second-order valence-corrected chi connectivity index (χ2v) is 9.97. The molecule has 3 fully saturated rings. The second kappa shape index (κ2) is 5.56. The number of rotatable bonds is 2. The highest BCUT2D eigenvalue weighted by atomic mass is 32.2. The number of anilines is 1. The van der Waals surface area contributed by atoms with E-state index in [0.717, 1.165) is 12.8 Å². The Bertz CT molecular complexity index is 849. The summed E-state index contributed by atoms with van der Waals surface area (Å²) in [4.78, 5) is 18.1. The fraction of sp³-hybridized carbons (Fsp3) is 0.500. The molecular weight excluding hydrogens is 351 g/mol. The topological polar surface area (TPSA) is 66.8 Å². The summed E-state index contributed by atoms with van der Waals surface area (Å²) < 4.78 is 37.9. The van der Waals surface area contributed by atoms with Crippen LogP contribution in [0.2, 0.25) is 0 Å². The molecule has 1 aliphatic carbocycles. The van der Waals surface area contributed by atoms with Gasteiger partial charge in [0.15, 0.2) is 15.0 Å². The maximum atomic E-state index is 14.0. The normalized spacial score (nSPS) is 29.9. The third kappa shape index (κ3) is 2.86. The highest BCUT2D eigenvalue weighted by molar-refractivity contribution is 8.16.